The summed E-state index contributed by atoms with van der Waals surface area (Å²) in [6.07, 6.45) is 0. The molecule has 0 aliphatic rings. The number of nitro groups is 1. The Morgan fingerprint density at radius 1 is 1.25 bits per heavy atom. The molecule has 0 aliphatic carbocycles. The smallest absolute Gasteiger partial charge is 0.275 e. The van der Waals surface area contributed by atoms with E-state index in [1.54, 1.807) is 18.2 Å². The SMILES string of the molecule is NNc1cc([N+](=O)[O-])cc(Sc2ccc(Cl)c(Cl)c2)n1. The van der Waals surface area contributed by atoms with E-state index in [0.29, 0.717) is 15.1 Å². The van der Waals surface area contributed by atoms with Gasteiger partial charge >= 0.3 is 0 Å². The first-order chi connectivity index (χ1) is 9.49. The first-order valence-corrected chi connectivity index (χ1v) is 6.83. The van der Waals surface area contributed by atoms with Gasteiger partial charge < -0.3 is 5.43 Å². The van der Waals surface area contributed by atoms with Crippen LogP contribution < -0.4 is 11.3 Å². The van der Waals surface area contributed by atoms with Crippen LogP contribution in [0.25, 0.3) is 0 Å². The maximum absolute atomic E-state index is 10.8. The molecule has 104 valence electrons. The zero-order chi connectivity index (χ0) is 14.7. The maximum atomic E-state index is 10.8. The Morgan fingerprint density at radius 2 is 2.00 bits per heavy atom. The van der Waals surface area contributed by atoms with Crippen molar-refractivity contribution in [3.05, 3.63) is 50.5 Å². The van der Waals surface area contributed by atoms with Gasteiger partial charge in [-0.1, -0.05) is 35.0 Å². The summed E-state index contributed by atoms with van der Waals surface area (Å²) >= 11 is 13.0. The summed E-state index contributed by atoms with van der Waals surface area (Å²) in [6, 6.07) is 7.65. The Hall–Kier alpha value is -1.54. The fourth-order valence-electron chi connectivity index (χ4n) is 1.38. The average molecular weight is 331 g/mol. The molecule has 0 spiro atoms. The van der Waals surface area contributed by atoms with E-state index in [9.17, 15) is 10.1 Å². The number of rotatable bonds is 4. The highest BCUT2D eigenvalue weighted by molar-refractivity contribution is 7.99. The number of pyridine rings is 1. The molecule has 1 aromatic carbocycles. The van der Waals surface area contributed by atoms with Gasteiger partial charge in [0, 0.05) is 11.0 Å². The molecule has 0 atom stereocenters. The van der Waals surface area contributed by atoms with Gasteiger partial charge in [0.25, 0.3) is 5.69 Å². The van der Waals surface area contributed by atoms with E-state index in [2.05, 4.69) is 10.4 Å². The van der Waals surface area contributed by atoms with Crippen molar-refractivity contribution in [2.24, 2.45) is 5.84 Å². The molecule has 0 amide bonds. The Morgan fingerprint density at radius 3 is 2.60 bits per heavy atom. The second-order valence-electron chi connectivity index (χ2n) is 3.63. The predicted octanol–water partition coefficient (Wildman–Crippen LogP) is 3.73. The fraction of sp³-hybridized carbons (Fsp3) is 0. The van der Waals surface area contributed by atoms with E-state index in [-0.39, 0.29) is 11.5 Å². The molecule has 0 saturated heterocycles. The van der Waals surface area contributed by atoms with Crippen molar-refractivity contribution in [1.29, 1.82) is 0 Å². The first kappa shape index (κ1) is 14.9. The maximum Gasteiger partial charge on any atom is 0.275 e. The molecule has 0 radical (unpaired) electrons. The number of hydrogen-bond donors (Lipinski definition) is 2. The number of nitrogens with two attached hydrogens (primary N) is 1. The molecule has 1 heterocycles. The molecule has 0 saturated carbocycles. The number of aromatic nitrogens is 1. The van der Waals surface area contributed by atoms with Gasteiger partial charge in [0.05, 0.1) is 21.0 Å². The van der Waals surface area contributed by atoms with Gasteiger partial charge in [0.15, 0.2) is 0 Å². The molecule has 0 aliphatic heterocycles. The molecule has 6 nitrogen and oxygen atoms in total. The molecule has 0 fully saturated rings. The van der Waals surface area contributed by atoms with Crippen molar-refractivity contribution in [2.75, 3.05) is 5.43 Å². The van der Waals surface area contributed by atoms with Gasteiger partial charge in [-0.2, -0.15) is 0 Å². The van der Waals surface area contributed by atoms with Crippen molar-refractivity contribution in [2.45, 2.75) is 9.92 Å². The molecule has 0 bridgehead atoms. The van der Waals surface area contributed by atoms with Crippen LogP contribution in [-0.2, 0) is 0 Å². The average Bonchev–Trinajstić information content (AvgIpc) is 2.42. The number of hydrazine groups is 1. The van der Waals surface area contributed by atoms with Gasteiger partial charge in [-0.15, -0.1) is 0 Å². The van der Waals surface area contributed by atoms with Crippen LogP contribution in [0, 0.1) is 10.1 Å². The topological polar surface area (TPSA) is 94.1 Å². The van der Waals surface area contributed by atoms with Gasteiger partial charge in [-0.3, -0.25) is 10.1 Å². The number of hydrogen-bond acceptors (Lipinski definition) is 6. The third-order valence-corrected chi connectivity index (χ3v) is 3.91. The number of nitrogens with one attached hydrogen (secondary N) is 1. The van der Waals surface area contributed by atoms with Gasteiger partial charge in [-0.25, -0.2) is 10.8 Å². The van der Waals surface area contributed by atoms with Crippen molar-refractivity contribution < 1.29 is 4.92 Å². The molecule has 3 N–H and O–H groups in total. The van der Waals surface area contributed by atoms with Crippen LogP contribution in [0.1, 0.15) is 0 Å². The van der Waals surface area contributed by atoms with E-state index in [1.165, 1.54) is 23.9 Å². The van der Waals surface area contributed by atoms with Crippen LogP contribution in [0.3, 0.4) is 0 Å². The highest BCUT2D eigenvalue weighted by Gasteiger charge is 2.12. The van der Waals surface area contributed by atoms with Crippen molar-refractivity contribution in [3.8, 4) is 0 Å². The van der Waals surface area contributed by atoms with E-state index in [0.717, 1.165) is 4.90 Å². The van der Waals surface area contributed by atoms with Crippen LogP contribution in [0.4, 0.5) is 11.5 Å². The molecule has 2 rings (SSSR count). The minimum absolute atomic E-state index is 0.101. The van der Waals surface area contributed by atoms with Crippen molar-refractivity contribution in [1.82, 2.24) is 4.98 Å². The summed E-state index contributed by atoms with van der Waals surface area (Å²) in [7, 11) is 0. The number of nitrogens with zero attached hydrogens (tertiary/aromatic N) is 2. The quantitative estimate of drug-likeness (QED) is 0.504. The van der Waals surface area contributed by atoms with E-state index in [1.807, 2.05) is 0 Å². The third-order valence-electron chi connectivity index (χ3n) is 2.26. The molecule has 1 aromatic heterocycles. The Balaban J connectivity index is 2.34. The van der Waals surface area contributed by atoms with Crippen LogP contribution in [-0.4, -0.2) is 9.91 Å². The van der Waals surface area contributed by atoms with Crippen LogP contribution >= 0.6 is 35.0 Å². The van der Waals surface area contributed by atoms with Crippen molar-refractivity contribution in [3.63, 3.8) is 0 Å². The molecule has 2 aromatic rings. The molecular formula is C11H8Cl2N4O2S. The summed E-state index contributed by atoms with van der Waals surface area (Å²) in [5.74, 6) is 5.45. The second-order valence-corrected chi connectivity index (χ2v) is 5.54. The molecule has 20 heavy (non-hydrogen) atoms. The van der Waals surface area contributed by atoms with E-state index >= 15 is 0 Å². The Labute approximate surface area is 128 Å². The summed E-state index contributed by atoms with van der Waals surface area (Å²) in [5.41, 5.74) is 2.19. The summed E-state index contributed by atoms with van der Waals surface area (Å²) in [5, 5.41) is 12.1. The monoisotopic (exact) mass is 330 g/mol. The first-order valence-electron chi connectivity index (χ1n) is 5.25. The second kappa shape index (κ2) is 6.27. The number of halogens is 2. The lowest BCUT2D eigenvalue weighted by Gasteiger charge is -2.05. The standard InChI is InChI=1S/C11H8Cl2N4O2S/c12-8-2-1-7(5-9(8)13)20-11-4-6(17(18)19)3-10(15-11)16-14/h1-5H,14H2,(H,15,16). The highest BCUT2D eigenvalue weighted by atomic mass is 35.5. The largest absolute Gasteiger partial charge is 0.308 e. The minimum Gasteiger partial charge on any atom is -0.308 e. The van der Waals surface area contributed by atoms with Gasteiger partial charge in [-0.05, 0) is 18.2 Å². The van der Waals surface area contributed by atoms with Crippen LogP contribution in [0.15, 0.2) is 40.3 Å². The molecule has 9 heteroatoms. The lowest BCUT2D eigenvalue weighted by molar-refractivity contribution is -0.385. The fourth-order valence-corrected chi connectivity index (χ4v) is 2.63. The Kier molecular flexibility index (Phi) is 4.66. The predicted molar refractivity (Wildman–Crippen MR) is 79.3 cm³/mol. The summed E-state index contributed by atoms with van der Waals surface area (Å²) in [6.45, 7) is 0. The zero-order valence-corrected chi connectivity index (χ0v) is 12.2. The summed E-state index contributed by atoms with van der Waals surface area (Å²) < 4.78 is 0. The Bertz CT molecular complexity index is 669. The third kappa shape index (κ3) is 3.51. The van der Waals surface area contributed by atoms with Gasteiger partial charge in [0.1, 0.15) is 10.8 Å². The van der Waals surface area contributed by atoms with Crippen LogP contribution in [0.2, 0.25) is 10.0 Å². The lowest BCUT2D eigenvalue weighted by Crippen LogP contribution is -2.09. The van der Waals surface area contributed by atoms with E-state index < -0.39 is 4.92 Å². The number of benzene rings is 1. The van der Waals surface area contributed by atoms with Crippen LogP contribution in [0.5, 0.6) is 0 Å². The highest BCUT2D eigenvalue weighted by Crippen LogP contribution is 2.33. The van der Waals surface area contributed by atoms with Gasteiger partial charge in [0.2, 0.25) is 0 Å². The normalized spacial score (nSPS) is 10.3. The molecule has 0 unspecified atom stereocenters. The lowest BCUT2D eigenvalue weighted by atomic mass is 10.4. The van der Waals surface area contributed by atoms with Crippen molar-refractivity contribution >= 4 is 46.5 Å². The zero-order valence-electron chi connectivity index (χ0n) is 9.84. The minimum atomic E-state index is -0.512. The molecular weight excluding hydrogens is 323 g/mol. The van der Waals surface area contributed by atoms with E-state index in [4.69, 9.17) is 29.0 Å². The number of nitrogen functional groups attached to an aromatic ring is 1. The number of anilines is 1. The summed E-state index contributed by atoms with van der Waals surface area (Å²) in [4.78, 5) is 15.2.